The molecule has 0 saturated heterocycles. The molecule has 0 saturated carbocycles. The number of halogens is 1. The third-order valence-electron chi connectivity index (χ3n) is 5.09. The molecule has 0 fully saturated rings. The van der Waals surface area contributed by atoms with E-state index in [0.29, 0.717) is 35.0 Å². The van der Waals surface area contributed by atoms with Crippen LogP contribution in [0.4, 0.5) is 5.69 Å². The van der Waals surface area contributed by atoms with Gasteiger partial charge in [0.15, 0.2) is 6.10 Å². The second kappa shape index (κ2) is 8.65. The van der Waals surface area contributed by atoms with Gasteiger partial charge in [-0.05, 0) is 62.2 Å². The Morgan fingerprint density at radius 1 is 1.25 bits per heavy atom. The molecule has 1 N–H and O–H groups in total. The molecule has 2 aromatic rings. The maximum Gasteiger partial charge on any atom is 0.264 e. The highest BCUT2D eigenvalue weighted by Crippen LogP contribution is 2.30. The van der Waals surface area contributed by atoms with Gasteiger partial charge in [-0.25, -0.2) is 0 Å². The van der Waals surface area contributed by atoms with Crippen LogP contribution in [0.5, 0.6) is 5.75 Å². The van der Waals surface area contributed by atoms with Crippen molar-refractivity contribution in [2.24, 2.45) is 0 Å². The molecule has 0 radical (unpaired) electrons. The smallest absolute Gasteiger partial charge is 0.264 e. The highest BCUT2D eigenvalue weighted by molar-refractivity contribution is 6.30. The first kappa shape index (κ1) is 20.2. The van der Waals surface area contributed by atoms with Gasteiger partial charge in [0.25, 0.3) is 11.8 Å². The Morgan fingerprint density at radius 3 is 2.61 bits per heavy atom. The second-order valence-electron chi connectivity index (χ2n) is 7.02. The van der Waals surface area contributed by atoms with Gasteiger partial charge in [0.1, 0.15) is 5.75 Å². The molecule has 1 heterocycles. The molecular formula is C22H25ClN2O3. The minimum atomic E-state index is -0.482. The summed E-state index contributed by atoms with van der Waals surface area (Å²) in [5.74, 6) is 0.489. The first-order valence-corrected chi connectivity index (χ1v) is 9.97. The second-order valence-corrected chi connectivity index (χ2v) is 7.46. The van der Waals surface area contributed by atoms with Crippen molar-refractivity contribution in [1.82, 2.24) is 4.90 Å². The normalized spacial score (nSPS) is 17.4. The van der Waals surface area contributed by atoms with Gasteiger partial charge >= 0.3 is 0 Å². The van der Waals surface area contributed by atoms with Crippen molar-refractivity contribution in [3.63, 3.8) is 0 Å². The lowest BCUT2D eigenvalue weighted by atomic mass is 10.1. The van der Waals surface area contributed by atoms with Crippen molar-refractivity contribution in [1.29, 1.82) is 0 Å². The molecule has 0 aromatic heterocycles. The third-order valence-corrected chi connectivity index (χ3v) is 5.34. The fourth-order valence-corrected chi connectivity index (χ4v) is 3.33. The van der Waals surface area contributed by atoms with Crippen molar-refractivity contribution in [2.75, 3.05) is 5.32 Å². The number of amides is 2. The van der Waals surface area contributed by atoms with E-state index < -0.39 is 6.10 Å². The predicted octanol–water partition coefficient (Wildman–Crippen LogP) is 4.89. The summed E-state index contributed by atoms with van der Waals surface area (Å²) in [5, 5.41) is 3.48. The van der Waals surface area contributed by atoms with Crippen molar-refractivity contribution in [3.05, 3.63) is 58.6 Å². The van der Waals surface area contributed by atoms with Crippen molar-refractivity contribution in [2.45, 2.75) is 52.3 Å². The molecule has 6 heteroatoms. The molecule has 5 nitrogen and oxygen atoms in total. The zero-order valence-corrected chi connectivity index (χ0v) is 17.1. The Labute approximate surface area is 170 Å². The zero-order valence-electron chi connectivity index (χ0n) is 16.4. The zero-order chi connectivity index (χ0) is 20.3. The number of hydrogen-bond donors (Lipinski definition) is 1. The van der Waals surface area contributed by atoms with Crippen LogP contribution in [0.1, 0.15) is 49.5 Å². The Hall–Kier alpha value is -2.53. The maximum atomic E-state index is 12.8. The molecule has 28 heavy (non-hydrogen) atoms. The number of anilines is 1. The predicted molar refractivity (Wildman–Crippen MR) is 111 cm³/mol. The average Bonchev–Trinajstić information content (AvgIpc) is 2.84. The quantitative estimate of drug-likeness (QED) is 0.777. The van der Waals surface area contributed by atoms with Gasteiger partial charge < -0.3 is 15.0 Å². The molecule has 0 unspecified atom stereocenters. The van der Waals surface area contributed by atoms with Crippen molar-refractivity contribution < 1.29 is 14.3 Å². The van der Waals surface area contributed by atoms with Crippen LogP contribution in [0, 0.1) is 0 Å². The van der Waals surface area contributed by atoms with Crippen LogP contribution in [0.2, 0.25) is 5.02 Å². The van der Waals surface area contributed by atoms with E-state index in [1.807, 2.05) is 30.9 Å². The maximum absolute atomic E-state index is 12.8. The molecule has 3 rings (SSSR count). The van der Waals surface area contributed by atoms with Crippen molar-refractivity contribution >= 4 is 29.1 Å². The summed E-state index contributed by atoms with van der Waals surface area (Å²) in [6.07, 6.45) is 0.995. The highest BCUT2D eigenvalue weighted by Gasteiger charge is 2.32. The van der Waals surface area contributed by atoms with Crippen molar-refractivity contribution in [3.8, 4) is 5.75 Å². The third kappa shape index (κ3) is 4.30. The number of hydrogen-bond acceptors (Lipinski definition) is 3. The molecule has 0 spiro atoms. The Morgan fingerprint density at radius 2 is 1.96 bits per heavy atom. The van der Waals surface area contributed by atoms with E-state index >= 15 is 0 Å². The molecule has 2 atom stereocenters. The topological polar surface area (TPSA) is 58.6 Å². The number of nitrogens with zero attached hydrogens (tertiary/aromatic N) is 1. The average molecular weight is 401 g/mol. The fourth-order valence-electron chi connectivity index (χ4n) is 3.20. The number of carbonyl (C=O) groups is 2. The van der Waals surface area contributed by atoms with Gasteiger partial charge in [-0.2, -0.15) is 0 Å². The summed E-state index contributed by atoms with van der Waals surface area (Å²) in [6.45, 7) is 6.52. The van der Waals surface area contributed by atoms with E-state index in [4.69, 9.17) is 16.3 Å². The number of ether oxygens (including phenoxy) is 1. The summed E-state index contributed by atoms with van der Waals surface area (Å²) < 4.78 is 5.98. The summed E-state index contributed by atoms with van der Waals surface area (Å²) >= 11 is 5.88. The molecule has 1 aliphatic rings. The van der Waals surface area contributed by atoms with Gasteiger partial charge in [-0.15, -0.1) is 0 Å². The number of rotatable bonds is 5. The standard InChI is InChI=1S/C22H25ClN2O3/c1-4-14(3)25-13-16-12-18(10-11-20(16)28-19(5-2)22(25)27)24-21(26)15-6-8-17(23)9-7-15/h6-12,14,19H,4-5,13H2,1-3H3,(H,24,26)/t14-,19-/m1/s1. The van der Waals surface area contributed by atoms with E-state index in [0.717, 1.165) is 12.0 Å². The SMILES string of the molecule is CC[C@@H](C)N1Cc2cc(NC(=O)c3ccc(Cl)cc3)ccc2O[C@H](CC)C1=O. The van der Waals surface area contributed by atoms with Crippen LogP contribution in [0.25, 0.3) is 0 Å². The van der Waals surface area contributed by atoms with Crippen LogP contribution in [0.3, 0.4) is 0 Å². The van der Waals surface area contributed by atoms with Gasteiger partial charge in [0.2, 0.25) is 0 Å². The van der Waals surface area contributed by atoms with Gasteiger partial charge in [-0.1, -0.05) is 25.4 Å². The summed E-state index contributed by atoms with van der Waals surface area (Å²) in [6, 6.07) is 12.3. The number of fused-ring (bicyclic) bond motifs is 1. The molecule has 148 valence electrons. The molecule has 2 amide bonds. The van der Waals surface area contributed by atoms with E-state index in [9.17, 15) is 9.59 Å². The molecule has 0 aliphatic carbocycles. The fraction of sp³-hybridized carbons (Fsp3) is 0.364. The summed E-state index contributed by atoms with van der Waals surface area (Å²) in [5.41, 5.74) is 2.07. The molecule has 2 aromatic carbocycles. The number of benzene rings is 2. The van der Waals surface area contributed by atoms with Gasteiger partial charge in [-0.3, -0.25) is 9.59 Å². The summed E-state index contributed by atoms with van der Waals surface area (Å²) in [4.78, 5) is 27.2. The van der Waals surface area contributed by atoms with Crippen LogP contribution in [-0.2, 0) is 11.3 Å². The molecule has 1 aliphatic heterocycles. The number of nitrogens with one attached hydrogen (secondary N) is 1. The van der Waals surface area contributed by atoms with Crippen LogP contribution < -0.4 is 10.1 Å². The van der Waals surface area contributed by atoms with E-state index in [-0.39, 0.29) is 17.9 Å². The Kier molecular flexibility index (Phi) is 6.25. The van der Waals surface area contributed by atoms with E-state index in [2.05, 4.69) is 12.2 Å². The minimum Gasteiger partial charge on any atom is -0.480 e. The van der Waals surface area contributed by atoms with Gasteiger partial charge in [0, 0.05) is 34.4 Å². The first-order chi connectivity index (χ1) is 13.4. The lowest BCUT2D eigenvalue weighted by Crippen LogP contribution is -2.43. The minimum absolute atomic E-state index is 0.0137. The van der Waals surface area contributed by atoms with E-state index in [1.165, 1.54) is 0 Å². The van der Waals surface area contributed by atoms with Crippen LogP contribution in [0.15, 0.2) is 42.5 Å². The molecule has 0 bridgehead atoms. The highest BCUT2D eigenvalue weighted by atomic mass is 35.5. The van der Waals surface area contributed by atoms with E-state index in [1.54, 1.807) is 30.3 Å². The van der Waals surface area contributed by atoms with Crippen LogP contribution >= 0.6 is 11.6 Å². The Bertz CT molecular complexity index is 867. The monoisotopic (exact) mass is 400 g/mol. The van der Waals surface area contributed by atoms with Crippen LogP contribution in [-0.4, -0.2) is 28.9 Å². The number of carbonyl (C=O) groups excluding carboxylic acids is 2. The lowest BCUT2D eigenvalue weighted by molar-refractivity contribution is -0.140. The summed E-state index contributed by atoms with van der Waals surface area (Å²) in [7, 11) is 0. The lowest BCUT2D eigenvalue weighted by Gasteiger charge is -2.28. The largest absolute Gasteiger partial charge is 0.480 e. The Balaban J connectivity index is 1.86. The first-order valence-electron chi connectivity index (χ1n) is 9.59. The molecular weight excluding hydrogens is 376 g/mol. The van der Waals surface area contributed by atoms with Gasteiger partial charge in [0.05, 0.1) is 0 Å².